The fourth-order valence-corrected chi connectivity index (χ4v) is 4.98. The number of aromatic nitrogens is 1. The fraction of sp³-hybridized carbons (Fsp3) is 0.333. The predicted octanol–water partition coefficient (Wildman–Crippen LogP) is 3.69. The van der Waals surface area contributed by atoms with Crippen molar-refractivity contribution >= 4 is 28.3 Å². The third-order valence-corrected chi connectivity index (χ3v) is 6.72. The van der Waals surface area contributed by atoms with Crippen LogP contribution in [0.2, 0.25) is 0 Å². The van der Waals surface area contributed by atoms with Crippen molar-refractivity contribution < 1.29 is 9.59 Å². The number of hydrogen-bond donors (Lipinski definition) is 2. The lowest BCUT2D eigenvalue weighted by Gasteiger charge is -2.40. The van der Waals surface area contributed by atoms with Gasteiger partial charge in [0.2, 0.25) is 11.8 Å². The summed E-state index contributed by atoms with van der Waals surface area (Å²) in [6.07, 6.45) is 5.41. The lowest BCUT2D eigenvalue weighted by Crippen LogP contribution is -2.47. The molecule has 33 heavy (non-hydrogen) atoms. The summed E-state index contributed by atoms with van der Waals surface area (Å²) in [7, 11) is 2.15. The van der Waals surface area contributed by atoms with Gasteiger partial charge in [0.25, 0.3) is 0 Å². The van der Waals surface area contributed by atoms with E-state index >= 15 is 0 Å². The predicted molar refractivity (Wildman–Crippen MR) is 133 cm³/mol. The molecule has 2 aliphatic rings. The molecule has 6 nitrogen and oxygen atoms in total. The Labute approximate surface area is 195 Å². The first kappa shape index (κ1) is 22.8. The molecule has 2 heterocycles. The molecule has 5 rings (SSSR count). The van der Waals surface area contributed by atoms with Gasteiger partial charge in [-0.1, -0.05) is 36.4 Å². The van der Waals surface area contributed by atoms with Crippen molar-refractivity contribution in [3.8, 4) is 0 Å². The third-order valence-electron chi connectivity index (χ3n) is 6.72. The van der Waals surface area contributed by atoms with Crippen molar-refractivity contribution in [2.45, 2.75) is 26.3 Å². The molecule has 0 fully saturated rings. The number of carbonyl (C=O) groups excluding carboxylic acids is 2. The molecular formula is C27H32N4O2. The molecular weight excluding hydrogens is 412 g/mol. The number of fused-ring (bicyclic) bond motifs is 2. The highest BCUT2D eigenvalue weighted by Gasteiger charge is 2.36. The first-order valence-electron chi connectivity index (χ1n) is 11.6. The maximum Gasteiger partial charge on any atom is 0.248 e. The number of likely N-dealkylation sites (N-methyl/N-ethyl adjacent to an activating group) is 1. The van der Waals surface area contributed by atoms with Crippen molar-refractivity contribution in [1.82, 2.24) is 14.8 Å². The van der Waals surface area contributed by atoms with E-state index in [1.54, 1.807) is 24.3 Å². The van der Waals surface area contributed by atoms with Gasteiger partial charge in [0.15, 0.2) is 0 Å². The Balaban J connectivity index is 0.000000243. The highest BCUT2D eigenvalue weighted by Crippen LogP contribution is 2.40. The van der Waals surface area contributed by atoms with Crippen LogP contribution in [0.25, 0.3) is 16.5 Å². The Kier molecular flexibility index (Phi) is 6.65. The largest absolute Gasteiger partial charge is 0.366 e. The van der Waals surface area contributed by atoms with Crippen LogP contribution in [0.5, 0.6) is 0 Å². The summed E-state index contributed by atoms with van der Waals surface area (Å²) in [6, 6.07) is 15.6. The molecule has 1 aliphatic carbocycles. The SMILES string of the molecule is CCN(CC)C(=O)[C@@H]1C=C2c3cccc4[nH]cc(c34)C[C@H]2N(C)C1.NC(=O)c1ccccc1. The number of nitrogens with zero attached hydrogens (tertiary/aromatic N) is 2. The second-order valence-corrected chi connectivity index (χ2v) is 8.67. The number of primary amides is 1. The molecule has 2 aromatic carbocycles. The van der Waals surface area contributed by atoms with Gasteiger partial charge in [-0.25, -0.2) is 0 Å². The zero-order valence-corrected chi connectivity index (χ0v) is 19.5. The van der Waals surface area contributed by atoms with Crippen LogP contribution >= 0.6 is 0 Å². The topological polar surface area (TPSA) is 82.4 Å². The molecule has 3 N–H and O–H groups in total. The van der Waals surface area contributed by atoms with Gasteiger partial charge in [-0.05, 0) is 62.2 Å². The summed E-state index contributed by atoms with van der Waals surface area (Å²) < 4.78 is 0. The second-order valence-electron chi connectivity index (χ2n) is 8.67. The van der Waals surface area contributed by atoms with Crippen LogP contribution in [-0.2, 0) is 11.2 Å². The van der Waals surface area contributed by atoms with E-state index in [2.05, 4.69) is 61.3 Å². The number of amides is 2. The van der Waals surface area contributed by atoms with E-state index in [4.69, 9.17) is 5.73 Å². The maximum absolute atomic E-state index is 12.9. The third kappa shape index (κ3) is 4.44. The van der Waals surface area contributed by atoms with E-state index < -0.39 is 0 Å². The lowest BCUT2D eigenvalue weighted by atomic mass is 9.79. The molecule has 172 valence electrons. The number of nitrogens with two attached hydrogens (primary N) is 1. The normalized spacial score (nSPS) is 19.2. The number of carbonyl (C=O) groups is 2. The molecule has 6 heteroatoms. The van der Waals surface area contributed by atoms with Gasteiger partial charge in [0, 0.05) is 48.3 Å². The van der Waals surface area contributed by atoms with E-state index in [9.17, 15) is 9.59 Å². The van der Waals surface area contributed by atoms with E-state index in [0.717, 1.165) is 26.1 Å². The average Bonchev–Trinajstić information content (AvgIpc) is 3.25. The van der Waals surface area contributed by atoms with Gasteiger partial charge in [-0.15, -0.1) is 0 Å². The van der Waals surface area contributed by atoms with E-state index in [1.807, 2.05) is 11.0 Å². The molecule has 0 spiro atoms. The summed E-state index contributed by atoms with van der Waals surface area (Å²) >= 11 is 0. The smallest absolute Gasteiger partial charge is 0.248 e. The number of aromatic amines is 1. The molecule has 0 saturated carbocycles. The van der Waals surface area contributed by atoms with E-state index in [-0.39, 0.29) is 17.7 Å². The second kappa shape index (κ2) is 9.63. The van der Waals surface area contributed by atoms with Crippen molar-refractivity contribution in [3.05, 3.63) is 77.5 Å². The highest BCUT2D eigenvalue weighted by atomic mass is 16.2. The average molecular weight is 445 g/mol. The van der Waals surface area contributed by atoms with Gasteiger partial charge in [0.05, 0.1) is 5.92 Å². The molecule has 2 amide bonds. The Morgan fingerprint density at radius 1 is 1.09 bits per heavy atom. The molecule has 2 atom stereocenters. The summed E-state index contributed by atoms with van der Waals surface area (Å²) in [5, 5.41) is 1.34. The Bertz CT molecular complexity index is 1180. The first-order chi connectivity index (χ1) is 15.9. The van der Waals surface area contributed by atoms with Crippen LogP contribution in [0, 0.1) is 5.92 Å². The molecule has 0 radical (unpaired) electrons. The molecule has 0 saturated heterocycles. The Morgan fingerprint density at radius 3 is 2.45 bits per heavy atom. The number of H-pyrrole nitrogens is 1. The molecule has 1 aliphatic heterocycles. The Morgan fingerprint density at radius 2 is 1.82 bits per heavy atom. The minimum atomic E-state index is -0.379. The quantitative estimate of drug-likeness (QED) is 0.644. The van der Waals surface area contributed by atoms with Crippen LogP contribution in [0.15, 0.2) is 60.8 Å². The van der Waals surface area contributed by atoms with Gasteiger partial charge in [-0.2, -0.15) is 0 Å². The summed E-state index contributed by atoms with van der Waals surface area (Å²) in [5.74, 6) is -0.169. The van der Waals surface area contributed by atoms with Crippen LogP contribution < -0.4 is 5.73 Å². The number of benzene rings is 2. The Hall–Kier alpha value is -3.38. The van der Waals surface area contributed by atoms with Crippen LogP contribution in [0.3, 0.4) is 0 Å². The fourth-order valence-electron chi connectivity index (χ4n) is 4.98. The zero-order valence-electron chi connectivity index (χ0n) is 19.5. The van der Waals surface area contributed by atoms with Crippen molar-refractivity contribution in [3.63, 3.8) is 0 Å². The number of hydrogen-bond acceptors (Lipinski definition) is 3. The molecule has 0 unspecified atom stereocenters. The summed E-state index contributed by atoms with van der Waals surface area (Å²) in [4.78, 5) is 31.0. The molecule has 0 bridgehead atoms. The minimum absolute atomic E-state index is 0.0445. The standard InChI is InChI=1S/C20H25N3O.C7H7NO/c1-4-23(5-2)20(24)14-9-16-15-7-6-8-17-19(15)13(11-21-17)10-18(16)22(3)12-14;8-7(9)6-4-2-1-3-5-6/h6-9,11,14,18,21H,4-5,10,12H2,1-3H3;1-5H,(H2,8,9)/t14-,18-;/m1./s1. The van der Waals surface area contributed by atoms with Crippen molar-refractivity contribution in [2.75, 3.05) is 26.7 Å². The van der Waals surface area contributed by atoms with Crippen molar-refractivity contribution in [1.29, 1.82) is 0 Å². The summed E-state index contributed by atoms with van der Waals surface area (Å²) in [5.41, 5.74) is 10.7. The lowest BCUT2D eigenvalue weighted by molar-refractivity contribution is -0.134. The van der Waals surface area contributed by atoms with Crippen molar-refractivity contribution in [2.24, 2.45) is 11.7 Å². The van der Waals surface area contributed by atoms with Gasteiger partial charge >= 0.3 is 0 Å². The van der Waals surface area contributed by atoms with Crippen LogP contribution in [-0.4, -0.2) is 59.3 Å². The first-order valence-corrected chi connectivity index (χ1v) is 11.6. The summed E-state index contributed by atoms with van der Waals surface area (Å²) in [6.45, 7) is 6.47. The highest BCUT2D eigenvalue weighted by molar-refractivity contribution is 5.99. The maximum atomic E-state index is 12.9. The molecule has 1 aromatic heterocycles. The van der Waals surface area contributed by atoms with E-state index in [0.29, 0.717) is 11.6 Å². The monoisotopic (exact) mass is 444 g/mol. The number of rotatable bonds is 4. The minimum Gasteiger partial charge on any atom is -0.366 e. The van der Waals surface area contributed by atoms with Crippen LogP contribution in [0.4, 0.5) is 0 Å². The molecule has 3 aromatic rings. The van der Waals surface area contributed by atoms with Gasteiger partial charge in [0.1, 0.15) is 0 Å². The number of nitrogens with one attached hydrogen (secondary N) is 1. The zero-order chi connectivity index (χ0) is 23.5. The van der Waals surface area contributed by atoms with Gasteiger partial charge in [-0.3, -0.25) is 14.5 Å². The van der Waals surface area contributed by atoms with E-state index in [1.165, 1.54) is 27.6 Å². The van der Waals surface area contributed by atoms with Crippen LogP contribution in [0.1, 0.15) is 35.3 Å². The van der Waals surface area contributed by atoms with Gasteiger partial charge < -0.3 is 15.6 Å².